The first-order valence-corrected chi connectivity index (χ1v) is 6.50. The first-order chi connectivity index (χ1) is 6.97. The molecule has 0 radical (unpaired) electrons. The van der Waals surface area contributed by atoms with Crippen molar-refractivity contribution < 1.29 is 0 Å². The van der Waals surface area contributed by atoms with Crippen molar-refractivity contribution in [1.29, 1.82) is 0 Å². The van der Waals surface area contributed by atoms with Crippen LogP contribution in [0.1, 0.15) is 5.56 Å². The van der Waals surface area contributed by atoms with Crippen molar-refractivity contribution in [1.82, 2.24) is 0 Å². The van der Waals surface area contributed by atoms with E-state index < -0.39 is 0 Å². The van der Waals surface area contributed by atoms with E-state index in [2.05, 4.69) is 36.9 Å². The summed E-state index contributed by atoms with van der Waals surface area (Å²) < 4.78 is 1.54. The number of benzene rings is 1. The van der Waals surface area contributed by atoms with Crippen molar-refractivity contribution in [3.63, 3.8) is 0 Å². The minimum atomic E-state index is 0.185. The molecule has 1 rings (SSSR count). The molecule has 0 aliphatic rings. The molecule has 0 unspecified atom stereocenters. The summed E-state index contributed by atoms with van der Waals surface area (Å²) in [6.45, 7) is 1.91. The summed E-state index contributed by atoms with van der Waals surface area (Å²) in [6, 6.07) is 1.88. The van der Waals surface area contributed by atoms with Gasteiger partial charge in [-0.3, -0.25) is 0 Å². The van der Waals surface area contributed by atoms with E-state index in [1.807, 2.05) is 13.0 Å². The van der Waals surface area contributed by atoms with Crippen LogP contribution in [0.5, 0.6) is 0 Å². The molecule has 0 spiro atoms. The molecule has 1 aromatic rings. The molecule has 6 heteroatoms. The van der Waals surface area contributed by atoms with E-state index in [0.29, 0.717) is 21.0 Å². The van der Waals surface area contributed by atoms with E-state index in [4.69, 9.17) is 28.9 Å². The minimum absolute atomic E-state index is 0.185. The Morgan fingerprint density at radius 1 is 1.53 bits per heavy atom. The van der Waals surface area contributed by atoms with Crippen LogP contribution < -0.4 is 5.73 Å². The first kappa shape index (κ1) is 13.3. The van der Waals surface area contributed by atoms with Crippen LogP contribution in [-0.4, -0.2) is 11.7 Å². The number of halogens is 4. The standard InChI is InChI=1S/C9H8Br2Cl2N2/c1-4-2-5(10)9(7(11)8(4)13)15-6(14)3-12/h2H,3H2,1H3,(H2,14,15). The molecule has 1 aromatic carbocycles. The lowest BCUT2D eigenvalue weighted by molar-refractivity contribution is 1.36. The molecule has 82 valence electrons. The second-order valence-electron chi connectivity index (χ2n) is 2.89. The highest BCUT2D eigenvalue weighted by atomic mass is 79.9. The van der Waals surface area contributed by atoms with Gasteiger partial charge in [0, 0.05) is 4.47 Å². The lowest BCUT2D eigenvalue weighted by Gasteiger charge is -2.07. The fraction of sp³-hybridized carbons (Fsp3) is 0.222. The van der Waals surface area contributed by atoms with Gasteiger partial charge in [-0.1, -0.05) is 11.6 Å². The molecule has 0 saturated heterocycles. The number of hydrogen-bond acceptors (Lipinski definition) is 1. The Labute approximate surface area is 115 Å². The summed E-state index contributed by atoms with van der Waals surface area (Å²) in [6.07, 6.45) is 0. The van der Waals surface area contributed by atoms with Crippen LogP contribution in [0, 0.1) is 6.92 Å². The quantitative estimate of drug-likeness (QED) is 0.354. The molecular weight excluding hydrogens is 367 g/mol. The largest absolute Gasteiger partial charge is 0.386 e. The number of nitrogens with two attached hydrogens (primary N) is 1. The molecule has 0 amide bonds. The van der Waals surface area contributed by atoms with Crippen LogP contribution in [0.3, 0.4) is 0 Å². The maximum atomic E-state index is 6.07. The molecule has 2 N–H and O–H groups in total. The first-order valence-electron chi connectivity index (χ1n) is 4.00. The zero-order valence-corrected chi connectivity index (χ0v) is 12.5. The maximum Gasteiger partial charge on any atom is 0.115 e. The Balaban J connectivity index is 3.36. The van der Waals surface area contributed by atoms with Gasteiger partial charge in [-0.05, 0) is 50.4 Å². The number of amidine groups is 1. The molecule has 0 saturated carbocycles. The molecule has 0 bridgehead atoms. The summed E-state index contributed by atoms with van der Waals surface area (Å²) in [5.74, 6) is 0.530. The molecule has 0 aliphatic carbocycles. The van der Waals surface area contributed by atoms with E-state index >= 15 is 0 Å². The zero-order chi connectivity index (χ0) is 11.6. The van der Waals surface area contributed by atoms with Gasteiger partial charge in [0.05, 0.1) is 21.1 Å². The summed E-state index contributed by atoms with van der Waals surface area (Å²) in [4.78, 5) is 4.16. The van der Waals surface area contributed by atoms with Crippen LogP contribution in [-0.2, 0) is 0 Å². The van der Waals surface area contributed by atoms with E-state index in [-0.39, 0.29) is 5.88 Å². The van der Waals surface area contributed by atoms with Crippen molar-refractivity contribution in [3.8, 4) is 0 Å². The number of aliphatic imine (C=N–C) groups is 1. The van der Waals surface area contributed by atoms with Gasteiger partial charge in [0.25, 0.3) is 0 Å². The van der Waals surface area contributed by atoms with Gasteiger partial charge in [0.2, 0.25) is 0 Å². The van der Waals surface area contributed by atoms with Gasteiger partial charge < -0.3 is 5.73 Å². The highest BCUT2D eigenvalue weighted by molar-refractivity contribution is 9.11. The fourth-order valence-electron chi connectivity index (χ4n) is 0.980. The van der Waals surface area contributed by atoms with Crippen molar-refractivity contribution in [2.75, 3.05) is 5.88 Å². The highest BCUT2D eigenvalue weighted by Crippen LogP contribution is 2.40. The normalized spacial score (nSPS) is 11.9. The van der Waals surface area contributed by atoms with Crippen molar-refractivity contribution in [2.45, 2.75) is 6.92 Å². The third-order valence-electron chi connectivity index (χ3n) is 1.71. The third kappa shape index (κ3) is 3.09. The zero-order valence-electron chi connectivity index (χ0n) is 7.82. The van der Waals surface area contributed by atoms with Crippen molar-refractivity contribution in [2.24, 2.45) is 10.7 Å². The van der Waals surface area contributed by atoms with Crippen LogP contribution in [0.15, 0.2) is 20.0 Å². The Morgan fingerprint density at radius 3 is 2.67 bits per heavy atom. The number of alkyl halides is 1. The molecule has 0 fully saturated rings. The predicted octanol–water partition coefficient (Wildman–Crippen LogP) is 4.40. The average Bonchev–Trinajstić information content (AvgIpc) is 2.21. The second-order valence-corrected chi connectivity index (χ2v) is 5.18. The summed E-state index contributed by atoms with van der Waals surface area (Å²) in [5.41, 5.74) is 7.18. The van der Waals surface area contributed by atoms with Gasteiger partial charge in [-0.2, -0.15) is 0 Å². The van der Waals surface area contributed by atoms with Crippen molar-refractivity contribution >= 4 is 66.6 Å². The highest BCUT2D eigenvalue weighted by Gasteiger charge is 2.11. The number of hydrogen-bond donors (Lipinski definition) is 1. The fourth-order valence-corrected chi connectivity index (χ4v) is 2.69. The van der Waals surface area contributed by atoms with Gasteiger partial charge >= 0.3 is 0 Å². The van der Waals surface area contributed by atoms with Crippen LogP contribution in [0.25, 0.3) is 0 Å². The molecule has 2 nitrogen and oxygen atoms in total. The topological polar surface area (TPSA) is 38.4 Å². The third-order valence-corrected chi connectivity index (χ3v) is 4.07. The number of aryl methyl sites for hydroxylation is 1. The Morgan fingerprint density at radius 2 is 2.13 bits per heavy atom. The molecule has 0 heterocycles. The van der Waals surface area contributed by atoms with Crippen LogP contribution in [0.4, 0.5) is 5.69 Å². The number of rotatable bonds is 2. The lowest BCUT2D eigenvalue weighted by Crippen LogP contribution is -2.12. The summed E-state index contributed by atoms with van der Waals surface area (Å²) >= 11 is 18.4. The number of nitrogens with zero attached hydrogens (tertiary/aromatic N) is 1. The Kier molecular flexibility index (Phi) is 4.90. The minimum Gasteiger partial charge on any atom is -0.386 e. The summed E-state index contributed by atoms with van der Waals surface area (Å²) in [5, 5.41) is 0.624. The molecule has 0 atom stereocenters. The van der Waals surface area contributed by atoms with Crippen LogP contribution in [0.2, 0.25) is 5.02 Å². The Bertz CT molecular complexity index is 419. The van der Waals surface area contributed by atoms with Gasteiger partial charge in [-0.25, -0.2) is 4.99 Å². The van der Waals surface area contributed by atoms with E-state index in [1.165, 1.54) is 0 Å². The van der Waals surface area contributed by atoms with E-state index in [1.54, 1.807) is 0 Å². The molecule has 15 heavy (non-hydrogen) atoms. The van der Waals surface area contributed by atoms with Crippen LogP contribution >= 0.6 is 55.1 Å². The Hall–Kier alpha value is 0.230. The average molecular weight is 375 g/mol. The van der Waals surface area contributed by atoms with Gasteiger partial charge in [0.1, 0.15) is 5.84 Å². The maximum absolute atomic E-state index is 6.07. The monoisotopic (exact) mass is 372 g/mol. The lowest BCUT2D eigenvalue weighted by atomic mass is 10.2. The van der Waals surface area contributed by atoms with Gasteiger partial charge in [0.15, 0.2) is 0 Å². The smallest absolute Gasteiger partial charge is 0.115 e. The van der Waals surface area contributed by atoms with Crippen molar-refractivity contribution in [3.05, 3.63) is 25.6 Å². The SMILES string of the molecule is Cc1cc(Br)c(N=C(N)CCl)c(Br)c1Cl. The molecular formula is C9H8Br2Cl2N2. The molecule has 0 aliphatic heterocycles. The predicted molar refractivity (Wildman–Crippen MR) is 73.6 cm³/mol. The van der Waals surface area contributed by atoms with E-state index in [9.17, 15) is 0 Å². The van der Waals surface area contributed by atoms with E-state index in [0.717, 1.165) is 10.0 Å². The summed E-state index contributed by atoms with van der Waals surface area (Å²) in [7, 11) is 0. The molecule has 0 aromatic heterocycles. The van der Waals surface area contributed by atoms with Gasteiger partial charge in [-0.15, -0.1) is 11.6 Å². The second kappa shape index (κ2) is 5.53.